The summed E-state index contributed by atoms with van der Waals surface area (Å²) in [6.45, 7) is 3.42. The van der Waals surface area contributed by atoms with Crippen LogP contribution in [0.15, 0.2) is 41.1 Å². The minimum atomic E-state index is 0.151. The number of hydrogen-bond donors (Lipinski definition) is 0. The fraction of sp³-hybridized carbons (Fsp3) is 0.353. The number of ether oxygens (including phenoxy) is 1. The van der Waals surface area contributed by atoms with Gasteiger partial charge in [0, 0.05) is 37.2 Å². The minimum Gasteiger partial charge on any atom is -0.497 e. The van der Waals surface area contributed by atoms with E-state index in [1.165, 1.54) is 5.69 Å². The first-order valence-electron chi connectivity index (χ1n) is 7.48. The van der Waals surface area contributed by atoms with E-state index in [0.29, 0.717) is 0 Å². The summed E-state index contributed by atoms with van der Waals surface area (Å²) in [6, 6.07) is 10.0. The van der Waals surface area contributed by atoms with Crippen LogP contribution in [0.5, 0.6) is 5.75 Å². The van der Waals surface area contributed by atoms with Crippen molar-refractivity contribution in [2.45, 2.75) is 6.42 Å². The molecule has 1 aromatic carbocycles. The zero-order valence-electron chi connectivity index (χ0n) is 12.7. The Balaban J connectivity index is 1.65. The van der Waals surface area contributed by atoms with Crippen LogP contribution in [0.1, 0.15) is 16.8 Å². The molecule has 0 spiro atoms. The Hall–Kier alpha value is -2.01. The molecule has 22 heavy (non-hydrogen) atoms. The Morgan fingerprint density at radius 1 is 1.09 bits per heavy atom. The first-order valence-corrected chi connectivity index (χ1v) is 8.42. The van der Waals surface area contributed by atoms with Crippen LogP contribution in [0.4, 0.5) is 5.69 Å². The maximum Gasteiger partial charge on any atom is 0.254 e. The first-order chi connectivity index (χ1) is 10.8. The van der Waals surface area contributed by atoms with Gasteiger partial charge >= 0.3 is 0 Å². The Labute approximate surface area is 134 Å². The molecule has 0 bridgehead atoms. The van der Waals surface area contributed by atoms with Gasteiger partial charge in [0.25, 0.3) is 5.91 Å². The first kappa shape index (κ1) is 14.9. The predicted octanol–water partition coefficient (Wildman–Crippen LogP) is 3.11. The molecule has 2 aromatic rings. The smallest absolute Gasteiger partial charge is 0.254 e. The van der Waals surface area contributed by atoms with Crippen molar-refractivity contribution in [3.63, 3.8) is 0 Å². The van der Waals surface area contributed by atoms with Crippen LogP contribution >= 0.6 is 11.3 Å². The van der Waals surface area contributed by atoms with E-state index in [0.717, 1.165) is 43.9 Å². The van der Waals surface area contributed by atoms with Crippen molar-refractivity contribution in [3.05, 3.63) is 46.7 Å². The minimum absolute atomic E-state index is 0.151. The van der Waals surface area contributed by atoms with Crippen molar-refractivity contribution in [2.24, 2.45) is 0 Å². The van der Waals surface area contributed by atoms with Crippen LogP contribution in [-0.4, -0.2) is 44.1 Å². The number of thiophene rings is 1. The molecule has 0 N–H and O–H groups in total. The van der Waals surface area contributed by atoms with Gasteiger partial charge in [-0.3, -0.25) is 4.79 Å². The Morgan fingerprint density at radius 2 is 1.91 bits per heavy atom. The van der Waals surface area contributed by atoms with Gasteiger partial charge in [0.2, 0.25) is 0 Å². The molecule has 0 radical (unpaired) electrons. The molecule has 1 aliphatic rings. The molecule has 3 rings (SSSR count). The van der Waals surface area contributed by atoms with Gasteiger partial charge in [0.05, 0.1) is 12.7 Å². The van der Waals surface area contributed by atoms with E-state index in [-0.39, 0.29) is 5.91 Å². The van der Waals surface area contributed by atoms with Crippen molar-refractivity contribution in [2.75, 3.05) is 38.2 Å². The second kappa shape index (κ2) is 6.83. The van der Waals surface area contributed by atoms with Crippen molar-refractivity contribution >= 4 is 22.9 Å². The zero-order valence-corrected chi connectivity index (χ0v) is 13.5. The van der Waals surface area contributed by atoms with E-state index < -0.39 is 0 Å². The summed E-state index contributed by atoms with van der Waals surface area (Å²) in [6.07, 6.45) is 0.988. The number of nitrogens with zero attached hydrogens (tertiary/aromatic N) is 2. The van der Waals surface area contributed by atoms with E-state index in [1.54, 1.807) is 18.4 Å². The fourth-order valence-electron chi connectivity index (χ4n) is 2.74. The number of rotatable bonds is 3. The molecular weight excluding hydrogens is 296 g/mol. The lowest BCUT2D eigenvalue weighted by atomic mass is 10.2. The molecule has 0 aliphatic carbocycles. The largest absolute Gasteiger partial charge is 0.497 e. The van der Waals surface area contributed by atoms with Crippen LogP contribution < -0.4 is 9.64 Å². The van der Waals surface area contributed by atoms with Crippen molar-refractivity contribution in [3.8, 4) is 5.75 Å². The topological polar surface area (TPSA) is 32.8 Å². The lowest BCUT2D eigenvalue weighted by Crippen LogP contribution is -2.35. The number of carbonyl (C=O) groups is 1. The second-order valence-electron chi connectivity index (χ2n) is 5.34. The van der Waals surface area contributed by atoms with Crippen molar-refractivity contribution in [1.29, 1.82) is 0 Å². The highest BCUT2D eigenvalue weighted by molar-refractivity contribution is 7.08. The normalized spacial score (nSPS) is 15.5. The summed E-state index contributed by atoms with van der Waals surface area (Å²) in [7, 11) is 1.68. The zero-order chi connectivity index (χ0) is 15.4. The van der Waals surface area contributed by atoms with Gasteiger partial charge < -0.3 is 14.5 Å². The molecule has 1 aromatic heterocycles. The molecule has 4 nitrogen and oxygen atoms in total. The molecule has 1 aliphatic heterocycles. The molecule has 116 valence electrons. The van der Waals surface area contributed by atoms with Gasteiger partial charge in [0.15, 0.2) is 0 Å². The fourth-order valence-corrected chi connectivity index (χ4v) is 3.37. The summed E-state index contributed by atoms with van der Waals surface area (Å²) in [4.78, 5) is 16.7. The lowest BCUT2D eigenvalue weighted by molar-refractivity contribution is 0.0767. The van der Waals surface area contributed by atoms with E-state index in [1.807, 2.05) is 33.9 Å². The molecule has 0 atom stereocenters. The maximum atomic E-state index is 12.4. The Bertz CT molecular complexity index is 610. The number of hydrogen-bond acceptors (Lipinski definition) is 4. The lowest BCUT2D eigenvalue weighted by Gasteiger charge is -2.23. The molecule has 1 saturated heterocycles. The van der Waals surface area contributed by atoms with Gasteiger partial charge in [-0.1, -0.05) is 0 Å². The van der Waals surface area contributed by atoms with Crippen molar-refractivity contribution < 1.29 is 9.53 Å². The third-order valence-corrected chi connectivity index (χ3v) is 4.67. The molecular formula is C17H20N2O2S. The molecule has 0 saturated carbocycles. The monoisotopic (exact) mass is 316 g/mol. The van der Waals surface area contributed by atoms with Gasteiger partial charge in [-0.25, -0.2) is 0 Å². The number of benzene rings is 1. The predicted molar refractivity (Wildman–Crippen MR) is 90.0 cm³/mol. The maximum absolute atomic E-state index is 12.4. The summed E-state index contributed by atoms with van der Waals surface area (Å²) in [5, 5.41) is 3.88. The number of methoxy groups -OCH3 is 1. The van der Waals surface area contributed by atoms with Crippen LogP contribution in [0.3, 0.4) is 0 Å². The average molecular weight is 316 g/mol. The average Bonchev–Trinajstić information content (AvgIpc) is 2.99. The summed E-state index contributed by atoms with van der Waals surface area (Å²) >= 11 is 1.57. The molecule has 2 heterocycles. The molecule has 5 heteroatoms. The Kier molecular flexibility index (Phi) is 4.63. The van der Waals surface area contributed by atoms with Gasteiger partial charge in [0.1, 0.15) is 5.75 Å². The van der Waals surface area contributed by atoms with E-state index in [2.05, 4.69) is 17.0 Å². The van der Waals surface area contributed by atoms with Crippen LogP contribution in [0.25, 0.3) is 0 Å². The molecule has 0 unspecified atom stereocenters. The van der Waals surface area contributed by atoms with E-state index in [4.69, 9.17) is 4.74 Å². The van der Waals surface area contributed by atoms with Crippen LogP contribution in [-0.2, 0) is 0 Å². The standard InChI is InChI=1S/C17H20N2O2S/c1-21-16-5-3-15(4-6-16)18-8-2-9-19(11-10-18)17(20)14-7-12-22-13-14/h3-7,12-13H,2,8-11H2,1H3. The van der Waals surface area contributed by atoms with Gasteiger partial charge in [-0.2, -0.15) is 11.3 Å². The third-order valence-electron chi connectivity index (χ3n) is 3.99. The summed E-state index contributed by atoms with van der Waals surface area (Å²) < 4.78 is 5.20. The highest BCUT2D eigenvalue weighted by atomic mass is 32.1. The summed E-state index contributed by atoms with van der Waals surface area (Å²) in [5.74, 6) is 1.02. The molecule has 1 fully saturated rings. The Morgan fingerprint density at radius 3 is 2.59 bits per heavy atom. The highest BCUT2D eigenvalue weighted by Crippen LogP contribution is 2.21. The van der Waals surface area contributed by atoms with E-state index in [9.17, 15) is 4.79 Å². The summed E-state index contributed by atoms with van der Waals surface area (Å²) in [5.41, 5.74) is 1.99. The number of carbonyl (C=O) groups excluding carboxylic acids is 1. The highest BCUT2D eigenvalue weighted by Gasteiger charge is 2.20. The number of anilines is 1. The van der Waals surface area contributed by atoms with Gasteiger partial charge in [-0.15, -0.1) is 0 Å². The van der Waals surface area contributed by atoms with Crippen molar-refractivity contribution in [1.82, 2.24) is 4.90 Å². The number of amides is 1. The van der Waals surface area contributed by atoms with Gasteiger partial charge in [-0.05, 0) is 42.1 Å². The SMILES string of the molecule is COc1ccc(N2CCCN(C(=O)c3ccsc3)CC2)cc1. The quantitative estimate of drug-likeness (QED) is 0.872. The second-order valence-corrected chi connectivity index (χ2v) is 6.12. The van der Waals surface area contributed by atoms with E-state index >= 15 is 0 Å². The van der Waals surface area contributed by atoms with Crippen LogP contribution in [0, 0.1) is 0 Å². The van der Waals surface area contributed by atoms with Crippen LogP contribution in [0.2, 0.25) is 0 Å². The third kappa shape index (κ3) is 3.25. The molecule has 1 amide bonds.